The number of carbonyl (C=O) groups is 1. The van der Waals surface area contributed by atoms with E-state index in [2.05, 4.69) is 0 Å². The van der Waals surface area contributed by atoms with Crippen molar-refractivity contribution in [2.24, 2.45) is 5.73 Å². The maximum absolute atomic E-state index is 12.0. The number of rotatable bonds is 3. The van der Waals surface area contributed by atoms with Gasteiger partial charge in [-0.15, -0.1) is 0 Å². The summed E-state index contributed by atoms with van der Waals surface area (Å²) in [6.45, 7) is 1.39. The Bertz CT molecular complexity index is 448. The molecule has 18 heavy (non-hydrogen) atoms. The Morgan fingerprint density at radius 2 is 2.33 bits per heavy atom. The fraction of sp³-hybridized carbons (Fsp3) is 0.462. The molecule has 0 aliphatic carbocycles. The van der Waals surface area contributed by atoms with E-state index < -0.39 is 6.04 Å². The quantitative estimate of drug-likeness (QED) is 0.806. The Morgan fingerprint density at radius 1 is 1.56 bits per heavy atom. The Kier molecular flexibility index (Phi) is 3.84. The molecule has 1 aromatic carbocycles. The molecule has 1 unspecified atom stereocenters. The van der Waals surface area contributed by atoms with Crippen LogP contribution in [0.25, 0.3) is 0 Å². The molecule has 1 atom stereocenters. The van der Waals surface area contributed by atoms with Crippen molar-refractivity contribution in [1.29, 1.82) is 0 Å². The SMILES string of the molecule is COCC(N)C(=O)N1CCc2ccc(O)cc2C1. The van der Waals surface area contributed by atoms with Crippen LogP contribution >= 0.6 is 0 Å². The van der Waals surface area contributed by atoms with Gasteiger partial charge in [-0.25, -0.2) is 0 Å². The average molecular weight is 250 g/mol. The summed E-state index contributed by atoms with van der Waals surface area (Å²) in [6.07, 6.45) is 0.793. The van der Waals surface area contributed by atoms with Crippen LogP contribution in [0.2, 0.25) is 0 Å². The van der Waals surface area contributed by atoms with Gasteiger partial charge in [-0.05, 0) is 29.7 Å². The number of nitrogens with two attached hydrogens (primary N) is 1. The van der Waals surface area contributed by atoms with Crippen LogP contribution in [0.4, 0.5) is 0 Å². The lowest BCUT2D eigenvalue weighted by atomic mass is 9.99. The van der Waals surface area contributed by atoms with Crippen LogP contribution in [-0.4, -0.2) is 42.2 Å². The number of hydrogen-bond acceptors (Lipinski definition) is 4. The lowest BCUT2D eigenvalue weighted by Crippen LogP contribution is -2.47. The second kappa shape index (κ2) is 5.37. The number of aromatic hydroxyl groups is 1. The first kappa shape index (κ1) is 12.9. The van der Waals surface area contributed by atoms with Crippen LogP contribution in [0.5, 0.6) is 5.75 Å². The topological polar surface area (TPSA) is 75.8 Å². The highest BCUT2D eigenvalue weighted by atomic mass is 16.5. The zero-order valence-electron chi connectivity index (χ0n) is 10.4. The number of phenolic OH excluding ortho intramolecular Hbond substituents is 1. The number of methoxy groups -OCH3 is 1. The average Bonchev–Trinajstić information content (AvgIpc) is 2.37. The maximum Gasteiger partial charge on any atom is 0.242 e. The Hall–Kier alpha value is -1.59. The highest BCUT2D eigenvalue weighted by Crippen LogP contribution is 2.23. The van der Waals surface area contributed by atoms with Crippen molar-refractivity contribution in [2.45, 2.75) is 19.0 Å². The van der Waals surface area contributed by atoms with Gasteiger partial charge in [0.15, 0.2) is 0 Å². The van der Waals surface area contributed by atoms with Gasteiger partial charge >= 0.3 is 0 Å². The lowest BCUT2D eigenvalue weighted by Gasteiger charge is -2.30. The van der Waals surface area contributed by atoms with Gasteiger partial charge in [0, 0.05) is 20.2 Å². The molecule has 5 heteroatoms. The Balaban J connectivity index is 2.09. The number of ether oxygens (including phenoxy) is 1. The summed E-state index contributed by atoms with van der Waals surface area (Å²) in [4.78, 5) is 13.8. The van der Waals surface area contributed by atoms with Gasteiger partial charge in [-0.2, -0.15) is 0 Å². The molecular formula is C13H18N2O3. The summed E-state index contributed by atoms with van der Waals surface area (Å²) in [5.41, 5.74) is 7.91. The van der Waals surface area contributed by atoms with E-state index >= 15 is 0 Å². The van der Waals surface area contributed by atoms with Crippen LogP contribution < -0.4 is 5.73 Å². The lowest BCUT2D eigenvalue weighted by molar-refractivity contribution is -0.134. The molecule has 1 amide bonds. The van der Waals surface area contributed by atoms with E-state index in [1.54, 1.807) is 17.0 Å². The summed E-state index contributed by atoms with van der Waals surface area (Å²) in [5, 5.41) is 9.46. The number of amides is 1. The molecule has 0 aromatic heterocycles. The first-order chi connectivity index (χ1) is 8.61. The second-order valence-electron chi connectivity index (χ2n) is 4.52. The first-order valence-electron chi connectivity index (χ1n) is 5.96. The summed E-state index contributed by atoms with van der Waals surface area (Å²) in [6, 6.07) is 4.67. The third-order valence-corrected chi connectivity index (χ3v) is 3.18. The van der Waals surface area contributed by atoms with Gasteiger partial charge < -0.3 is 20.5 Å². The Morgan fingerprint density at radius 3 is 3.06 bits per heavy atom. The largest absolute Gasteiger partial charge is 0.508 e. The minimum Gasteiger partial charge on any atom is -0.508 e. The molecule has 1 aromatic rings. The van der Waals surface area contributed by atoms with Gasteiger partial charge in [0.1, 0.15) is 11.8 Å². The number of phenols is 1. The zero-order chi connectivity index (χ0) is 13.1. The monoisotopic (exact) mass is 250 g/mol. The van der Waals surface area contributed by atoms with Crippen molar-refractivity contribution < 1.29 is 14.6 Å². The van der Waals surface area contributed by atoms with E-state index in [1.807, 2.05) is 6.07 Å². The number of hydrogen-bond donors (Lipinski definition) is 2. The van der Waals surface area contributed by atoms with Crippen LogP contribution in [0.3, 0.4) is 0 Å². The second-order valence-corrected chi connectivity index (χ2v) is 4.52. The van der Waals surface area contributed by atoms with Gasteiger partial charge in [-0.3, -0.25) is 4.79 Å². The van der Waals surface area contributed by atoms with E-state index in [9.17, 15) is 9.90 Å². The molecule has 0 saturated heterocycles. The molecule has 1 aliphatic heterocycles. The minimum atomic E-state index is -0.617. The highest BCUT2D eigenvalue weighted by molar-refractivity contribution is 5.82. The molecule has 0 bridgehead atoms. The van der Waals surface area contributed by atoms with Crippen molar-refractivity contribution in [1.82, 2.24) is 4.90 Å². The molecule has 98 valence electrons. The van der Waals surface area contributed by atoms with Crippen molar-refractivity contribution >= 4 is 5.91 Å². The van der Waals surface area contributed by atoms with E-state index in [0.717, 1.165) is 12.0 Å². The molecule has 3 N–H and O–H groups in total. The third-order valence-electron chi connectivity index (χ3n) is 3.18. The predicted octanol–water partition coefficient (Wildman–Crippen LogP) is 0.251. The van der Waals surface area contributed by atoms with Crippen LogP contribution in [0.15, 0.2) is 18.2 Å². The smallest absolute Gasteiger partial charge is 0.242 e. The molecule has 0 fully saturated rings. The van der Waals surface area contributed by atoms with E-state index in [4.69, 9.17) is 10.5 Å². The van der Waals surface area contributed by atoms with E-state index in [1.165, 1.54) is 12.7 Å². The maximum atomic E-state index is 12.0. The summed E-state index contributed by atoms with van der Waals surface area (Å²) in [7, 11) is 1.52. The molecule has 5 nitrogen and oxygen atoms in total. The molecular weight excluding hydrogens is 232 g/mol. The molecule has 1 aliphatic rings. The number of nitrogens with zero attached hydrogens (tertiary/aromatic N) is 1. The van der Waals surface area contributed by atoms with Crippen molar-refractivity contribution in [3.63, 3.8) is 0 Å². The number of carbonyl (C=O) groups excluding carboxylic acids is 1. The number of fused-ring (bicyclic) bond motifs is 1. The molecule has 0 spiro atoms. The molecule has 0 radical (unpaired) electrons. The van der Waals surface area contributed by atoms with Crippen LogP contribution in [0, 0.1) is 0 Å². The van der Waals surface area contributed by atoms with Crippen molar-refractivity contribution in [3.05, 3.63) is 29.3 Å². The summed E-state index contributed by atoms with van der Waals surface area (Å²) < 4.78 is 4.89. The molecule has 2 rings (SSSR count). The normalized spacial score (nSPS) is 16.2. The molecule has 1 heterocycles. The summed E-state index contributed by atoms with van der Waals surface area (Å²) in [5.74, 6) is 0.120. The fourth-order valence-corrected chi connectivity index (χ4v) is 2.22. The van der Waals surface area contributed by atoms with Crippen LogP contribution in [-0.2, 0) is 22.5 Å². The minimum absolute atomic E-state index is 0.106. The van der Waals surface area contributed by atoms with Gasteiger partial charge in [0.25, 0.3) is 0 Å². The molecule has 0 saturated carbocycles. The van der Waals surface area contributed by atoms with Crippen molar-refractivity contribution in [2.75, 3.05) is 20.3 Å². The van der Waals surface area contributed by atoms with Crippen LogP contribution in [0.1, 0.15) is 11.1 Å². The zero-order valence-corrected chi connectivity index (χ0v) is 10.4. The van der Waals surface area contributed by atoms with Gasteiger partial charge in [-0.1, -0.05) is 6.07 Å². The fourth-order valence-electron chi connectivity index (χ4n) is 2.22. The van der Waals surface area contributed by atoms with E-state index in [0.29, 0.717) is 13.1 Å². The third kappa shape index (κ3) is 2.63. The highest BCUT2D eigenvalue weighted by Gasteiger charge is 2.25. The van der Waals surface area contributed by atoms with Gasteiger partial charge in [0.05, 0.1) is 6.61 Å². The van der Waals surface area contributed by atoms with E-state index in [-0.39, 0.29) is 18.3 Å². The predicted molar refractivity (Wildman–Crippen MR) is 67.1 cm³/mol. The standard InChI is InChI=1S/C13H18N2O3/c1-18-8-12(14)13(17)15-5-4-9-2-3-11(16)6-10(9)7-15/h2-3,6,12,16H,4-5,7-8,14H2,1H3. The first-order valence-corrected chi connectivity index (χ1v) is 5.96. The Labute approximate surface area is 106 Å². The van der Waals surface area contributed by atoms with Gasteiger partial charge in [0.2, 0.25) is 5.91 Å². The van der Waals surface area contributed by atoms with Crippen molar-refractivity contribution in [3.8, 4) is 5.75 Å². The number of benzene rings is 1. The summed E-state index contributed by atoms with van der Waals surface area (Å²) >= 11 is 0.